The molecule has 1 saturated carbocycles. The van der Waals surface area contributed by atoms with Crippen LogP contribution in [0.5, 0.6) is 0 Å². The summed E-state index contributed by atoms with van der Waals surface area (Å²) in [6.07, 6.45) is 1.69. The molecule has 3 unspecified atom stereocenters. The van der Waals surface area contributed by atoms with Crippen LogP contribution in [0.4, 0.5) is 4.79 Å². The van der Waals surface area contributed by atoms with Crippen molar-refractivity contribution in [2.24, 2.45) is 5.92 Å². The Bertz CT molecular complexity index is 688. The van der Waals surface area contributed by atoms with Gasteiger partial charge in [0.05, 0.1) is 10.9 Å². The van der Waals surface area contributed by atoms with Gasteiger partial charge in [0.15, 0.2) is 0 Å². The van der Waals surface area contributed by atoms with Crippen molar-refractivity contribution in [1.29, 1.82) is 0 Å². The molecule has 1 saturated heterocycles. The number of hydrogen-bond donors (Lipinski definition) is 1. The summed E-state index contributed by atoms with van der Waals surface area (Å²) in [5.41, 5.74) is 0. The van der Waals surface area contributed by atoms with Crippen molar-refractivity contribution in [2.45, 2.75) is 43.7 Å². The van der Waals surface area contributed by atoms with Gasteiger partial charge < -0.3 is 9.80 Å². The number of benzene rings is 1. The van der Waals surface area contributed by atoms with E-state index in [9.17, 15) is 13.2 Å². The Morgan fingerprint density at radius 1 is 1.21 bits per heavy atom. The van der Waals surface area contributed by atoms with E-state index in [1.54, 1.807) is 35.2 Å². The van der Waals surface area contributed by atoms with Gasteiger partial charge in [-0.3, -0.25) is 0 Å². The fourth-order valence-electron chi connectivity index (χ4n) is 3.91. The summed E-state index contributed by atoms with van der Waals surface area (Å²) in [4.78, 5) is 16.6. The number of nitrogens with zero attached hydrogens (tertiary/aromatic N) is 2. The van der Waals surface area contributed by atoms with Gasteiger partial charge in [0.25, 0.3) is 0 Å². The van der Waals surface area contributed by atoms with Crippen molar-refractivity contribution >= 4 is 16.1 Å². The normalized spacial score (nSPS) is 25.9. The molecule has 24 heavy (non-hydrogen) atoms. The predicted molar refractivity (Wildman–Crippen MR) is 92.1 cm³/mol. The van der Waals surface area contributed by atoms with Crippen molar-refractivity contribution in [3.63, 3.8) is 0 Å². The number of piperidine rings is 1. The minimum Gasteiger partial charge on any atom is -0.325 e. The Labute approximate surface area is 143 Å². The number of hydrogen-bond acceptors (Lipinski definition) is 3. The molecule has 1 heterocycles. The van der Waals surface area contributed by atoms with Gasteiger partial charge in [0.2, 0.25) is 10.0 Å². The van der Waals surface area contributed by atoms with E-state index in [2.05, 4.69) is 4.72 Å². The highest BCUT2D eigenvalue weighted by atomic mass is 32.2. The zero-order valence-corrected chi connectivity index (χ0v) is 15.0. The molecule has 132 valence electrons. The van der Waals surface area contributed by atoms with Gasteiger partial charge in [-0.1, -0.05) is 18.2 Å². The molecule has 1 aromatic carbocycles. The predicted octanol–water partition coefficient (Wildman–Crippen LogP) is 1.89. The Balaban J connectivity index is 1.74. The van der Waals surface area contributed by atoms with Crippen LogP contribution in [0.1, 0.15) is 26.7 Å². The van der Waals surface area contributed by atoms with Crippen LogP contribution in [0.25, 0.3) is 0 Å². The molecule has 2 bridgehead atoms. The summed E-state index contributed by atoms with van der Waals surface area (Å²) in [6, 6.07) is 8.19. The minimum absolute atomic E-state index is 0.0242. The lowest BCUT2D eigenvalue weighted by Gasteiger charge is -2.36. The molecule has 0 aromatic heterocycles. The molecule has 1 aromatic rings. The van der Waals surface area contributed by atoms with Gasteiger partial charge >= 0.3 is 6.03 Å². The smallest absolute Gasteiger partial charge is 0.320 e. The number of carbonyl (C=O) groups is 1. The van der Waals surface area contributed by atoms with E-state index < -0.39 is 10.0 Å². The number of carbonyl (C=O) groups excluding carboxylic acids is 1. The molecule has 0 spiro atoms. The first-order valence-electron chi connectivity index (χ1n) is 8.59. The highest BCUT2D eigenvalue weighted by Crippen LogP contribution is 2.38. The van der Waals surface area contributed by atoms with Crippen LogP contribution in [-0.2, 0) is 10.0 Å². The van der Waals surface area contributed by atoms with Crippen LogP contribution in [-0.4, -0.2) is 56.0 Å². The van der Waals surface area contributed by atoms with E-state index in [4.69, 9.17) is 0 Å². The summed E-state index contributed by atoms with van der Waals surface area (Å²) in [6.45, 7) is 6.01. The van der Waals surface area contributed by atoms with E-state index >= 15 is 0 Å². The maximum absolute atomic E-state index is 12.7. The quantitative estimate of drug-likeness (QED) is 0.881. The Morgan fingerprint density at radius 2 is 1.88 bits per heavy atom. The van der Waals surface area contributed by atoms with E-state index in [0.29, 0.717) is 19.0 Å². The standard InChI is InChI=1S/C17H25N3O3S/c1-3-19(4-2)17(21)20-12-13-10-15(16(20)11-13)18-24(22,23)14-8-6-5-7-9-14/h5-9,13,15-16,18H,3-4,10-12H2,1-2H3. The van der Waals surface area contributed by atoms with E-state index in [0.717, 1.165) is 19.4 Å². The van der Waals surface area contributed by atoms with Crippen LogP contribution in [0.15, 0.2) is 35.2 Å². The average molecular weight is 351 g/mol. The third-order valence-electron chi connectivity index (χ3n) is 5.12. The fraction of sp³-hybridized carbons (Fsp3) is 0.588. The number of likely N-dealkylation sites (tertiary alicyclic amines) is 1. The average Bonchev–Trinajstić information content (AvgIpc) is 3.16. The van der Waals surface area contributed by atoms with Crippen molar-refractivity contribution in [3.05, 3.63) is 30.3 Å². The minimum atomic E-state index is -3.55. The molecule has 1 aliphatic heterocycles. The van der Waals surface area contributed by atoms with Crippen LogP contribution in [0.2, 0.25) is 0 Å². The summed E-state index contributed by atoms with van der Waals surface area (Å²) >= 11 is 0. The topological polar surface area (TPSA) is 69.7 Å². The molecule has 6 nitrogen and oxygen atoms in total. The molecule has 7 heteroatoms. The summed E-state index contributed by atoms with van der Waals surface area (Å²) in [5, 5.41) is 0. The number of rotatable bonds is 5. The first kappa shape index (κ1) is 17.2. The Morgan fingerprint density at radius 3 is 2.46 bits per heavy atom. The molecule has 1 N–H and O–H groups in total. The van der Waals surface area contributed by atoms with Gasteiger partial charge in [-0.25, -0.2) is 17.9 Å². The number of fused-ring (bicyclic) bond motifs is 2. The number of urea groups is 1. The fourth-order valence-corrected chi connectivity index (χ4v) is 5.22. The first-order valence-corrected chi connectivity index (χ1v) is 10.1. The molecular weight excluding hydrogens is 326 g/mol. The van der Waals surface area contributed by atoms with Crippen LogP contribution in [0, 0.1) is 5.92 Å². The van der Waals surface area contributed by atoms with Crippen molar-refractivity contribution < 1.29 is 13.2 Å². The second-order valence-electron chi connectivity index (χ2n) is 6.55. The number of nitrogens with one attached hydrogen (secondary N) is 1. The van der Waals surface area contributed by atoms with E-state index in [-0.39, 0.29) is 23.0 Å². The van der Waals surface area contributed by atoms with Crippen molar-refractivity contribution in [2.75, 3.05) is 19.6 Å². The lowest BCUT2D eigenvalue weighted by atomic mass is 10.1. The summed E-state index contributed by atoms with van der Waals surface area (Å²) in [5.74, 6) is 0.387. The molecule has 2 amide bonds. The maximum atomic E-state index is 12.7. The van der Waals surface area contributed by atoms with Gasteiger partial charge in [-0.15, -0.1) is 0 Å². The summed E-state index contributed by atoms with van der Waals surface area (Å²) < 4.78 is 27.9. The Kier molecular flexibility index (Phi) is 4.83. The van der Waals surface area contributed by atoms with Crippen molar-refractivity contribution in [3.8, 4) is 0 Å². The molecule has 0 radical (unpaired) electrons. The molecule has 3 atom stereocenters. The summed E-state index contributed by atoms with van der Waals surface area (Å²) in [7, 11) is -3.55. The zero-order chi connectivity index (χ0) is 17.3. The van der Waals surface area contributed by atoms with Gasteiger partial charge in [0.1, 0.15) is 0 Å². The van der Waals surface area contributed by atoms with Gasteiger partial charge in [-0.05, 0) is 44.7 Å². The number of sulfonamides is 1. The lowest BCUT2D eigenvalue weighted by Crippen LogP contribution is -2.55. The SMILES string of the molecule is CCN(CC)C(=O)N1CC2CC(NS(=O)(=O)c3ccccc3)C1C2. The van der Waals surface area contributed by atoms with E-state index in [1.165, 1.54) is 0 Å². The highest BCUT2D eigenvalue weighted by Gasteiger charge is 2.48. The molecule has 1 aliphatic carbocycles. The highest BCUT2D eigenvalue weighted by molar-refractivity contribution is 7.89. The van der Waals surface area contributed by atoms with Crippen LogP contribution in [0.3, 0.4) is 0 Å². The maximum Gasteiger partial charge on any atom is 0.320 e. The third-order valence-corrected chi connectivity index (χ3v) is 6.63. The Hall–Kier alpha value is -1.60. The zero-order valence-electron chi connectivity index (χ0n) is 14.2. The van der Waals surface area contributed by atoms with E-state index in [1.807, 2.05) is 18.7 Å². The number of amides is 2. The van der Waals surface area contributed by atoms with Crippen molar-refractivity contribution in [1.82, 2.24) is 14.5 Å². The largest absolute Gasteiger partial charge is 0.325 e. The molecular formula is C17H25N3O3S. The van der Waals surface area contributed by atoms with Gasteiger partial charge in [-0.2, -0.15) is 0 Å². The monoisotopic (exact) mass is 351 g/mol. The van der Waals surface area contributed by atoms with Crippen LogP contribution >= 0.6 is 0 Å². The van der Waals surface area contributed by atoms with Gasteiger partial charge in [0, 0.05) is 25.7 Å². The molecule has 2 aliphatic rings. The second-order valence-corrected chi connectivity index (χ2v) is 8.27. The lowest BCUT2D eigenvalue weighted by molar-refractivity contribution is 0.134. The second kappa shape index (κ2) is 6.72. The van der Waals surface area contributed by atoms with Crippen LogP contribution < -0.4 is 4.72 Å². The first-order chi connectivity index (χ1) is 11.5. The third kappa shape index (κ3) is 3.15. The molecule has 2 fully saturated rings. The molecule has 3 rings (SSSR count).